The highest BCUT2D eigenvalue weighted by atomic mass is 32.2. The van der Waals surface area contributed by atoms with Crippen LogP contribution >= 0.6 is 0 Å². The van der Waals surface area contributed by atoms with E-state index >= 15 is 0 Å². The predicted octanol–water partition coefficient (Wildman–Crippen LogP) is -0.517. The number of amides is 1. The van der Waals surface area contributed by atoms with Crippen LogP contribution < -0.4 is 11.5 Å². The summed E-state index contributed by atoms with van der Waals surface area (Å²) in [4.78, 5) is 15.3. The first kappa shape index (κ1) is 14.5. The second-order valence-electron chi connectivity index (χ2n) is 4.54. The number of carbonyl (C=O) groups is 1. The normalized spacial score (nSPS) is 19.4. The molecule has 1 amide bonds. The minimum atomic E-state index is -3.58. The van der Waals surface area contributed by atoms with Crippen LogP contribution in [0.25, 0.3) is 0 Å². The van der Waals surface area contributed by atoms with Crippen molar-refractivity contribution >= 4 is 21.7 Å². The van der Waals surface area contributed by atoms with Crippen molar-refractivity contribution in [3.63, 3.8) is 0 Å². The lowest BCUT2D eigenvalue weighted by atomic mass is 9.99. The van der Waals surface area contributed by atoms with E-state index in [1.807, 2.05) is 6.92 Å². The first-order valence-corrected chi connectivity index (χ1v) is 7.63. The van der Waals surface area contributed by atoms with E-state index in [0.717, 1.165) is 0 Å². The number of aliphatic hydroxyl groups excluding tert-OH is 1. The fraction of sp³-hybridized carbons (Fsp3) is 0.333. The summed E-state index contributed by atoms with van der Waals surface area (Å²) in [6.45, 7) is 1.81. The molecule has 0 aliphatic carbocycles. The zero-order valence-corrected chi connectivity index (χ0v) is 11.6. The average Bonchev–Trinajstić information content (AvgIpc) is 2.57. The van der Waals surface area contributed by atoms with Gasteiger partial charge in [0, 0.05) is 11.1 Å². The number of guanidine groups is 1. The van der Waals surface area contributed by atoms with Crippen molar-refractivity contribution in [1.82, 2.24) is 0 Å². The molecular formula is C12H15N3O4S. The van der Waals surface area contributed by atoms with Gasteiger partial charge in [-0.3, -0.25) is 4.79 Å². The summed E-state index contributed by atoms with van der Waals surface area (Å²) in [6, 6.07) is 2.77. The molecule has 1 aliphatic rings. The van der Waals surface area contributed by atoms with Gasteiger partial charge in [0.15, 0.2) is 15.8 Å². The highest BCUT2D eigenvalue weighted by molar-refractivity contribution is 7.91. The van der Waals surface area contributed by atoms with Crippen molar-refractivity contribution in [3.05, 3.63) is 28.8 Å². The minimum absolute atomic E-state index is 0.0312. The zero-order valence-electron chi connectivity index (χ0n) is 10.8. The fourth-order valence-electron chi connectivity index (χ4n) is 2.23. The zero-order chi connectivity index (χ0) is 15.1. The van der Waals surface area contributed by atoms with Crippen LogP contribution in [0.1, 0.15) is 34.5 Å². The molecule has 0 bridgehead atoms. The van der Waals surface area contributed by atoms with E-state index in [1.165, 1.54) is 12.1 Å². The van der Waals surface area contributed by atoms with Gasteiger partial charge < -0.3 is 16.6 Å². The maximum atomic E-state index is 11.9. The van der Waals surface area contributed by atoms with Gasteiger partial charge in [0.2, 0.25) is 0 Å². The van der Waals surface area contributed by atoms with Crippen LogP contribution in [0.3, 0.4) is 0 Å². The van der Waals surface area contributed by atoms with Crippen LogP contribution in [0, 0.1) is 0 Å². The van der Waals surface area contributed by atoms with Gasteiger partial charge in [0.25, 0.3) is 5.91 Å². The number of fused-ring (bicyclic) bond motifs is 1. The van der Waals surface area contributed by atoms with E-state index in [4.69, 9.17) is 11.5 Å². The number of aryl methyl sites for hydroxylation is 1. The Morgan fingerprint density at radius 3 is 2.65 bits per heavy atom. The van der Waals surface area contributed by atoms with E-state index in [-0.39, 0.29) is 22.2 Å². The summed E-state index contributed by atoms with van der Waals surface area (Å²) >= 11 is 0. The number of nitrogens with zero attached hydrogens (tertiary/aromatic N) is 1. The standard InChI is InChI=1S/C12H15N3O4S/c1-2-6-3-8-9(16)5-20(18,19)10(8)4-7(6)11(17)15-12(13)14/h3-4,9,16H,2,5H2,1H3,(H4,13,14,15,17). The van der Waals surface area contributed by atoms with Gasteiger partial charge in [-0.15, -0.1) is 0 Å². The van der Waals surface area contributed by atoms with E-state index in [9.17, 15) is 18.3 Å². The van der Waals surface area contributed by atoms with E-state index in [2.05, 4.69) is 4.99 Å². The van der Waals surface area contributed by atoms with Crippen LogP contribution in [0.4, 0.5) is 0 Å². The highest BCUT2D eigenvalue weighted by Crippen LogP contribution is 2.35. The fourth-order valence-corrected chi connectivity index (χ4v) is 3.86. The van der Waals surface area contributed by atoms with Crippen molar-refractivity contribution in [2.75, 3.05) is 5.75 Å². The minimum Gasteiger partial charge on any atom is -0.387 e. The maximum absolute atomic E-state index is 11.9. The number of aliphatic hydroxyl groups is 1. The van der Waals surface area contributed by atoms with Crippen molar-refractivity contribution in [1.29, 1.82) is 0 Å². The molecule has 1 aliphatic heterocycles. The Hall–Kier alpha value is -1.93. The molecule has 7 nitrogen and oxygen atoms in total. The molecule has 1 atom stereocenters. The third-order valence-corrected chi connectivity index (χ3v) is 4.93. The SMILES string of the molecule is CCc1cc2c(cc1C(=O)N=C(N)N)S(=O)(=O)CC2O. The molecule has 108 valence electrons. The molecule has 1 unspecified atom stereocenters. The molecule has 0 radical (unpaired) electrons. The van der Waals surface area contributed by atoms with Gasteiger partial charge in [-0.05, 0) is 18.1 Å². The summed E-state index contributed by atoms with van der Waals surface area (Å²) in [5.74, 6) is -1.45. The monoisotopic (exact) mass is 297 g/mol. The molecule has 5 N–H and O–H groups in total. The molecule has 0 fully saturated rings. The lowest BCUT2D eigenvalue weighted by molar-refractivity contribution is 0.100. The molecule has 0 spiro atoms. The number of rotatable bonds is 2. The predicted molar refractivity (Wildman–Crippen MR) is 73.0 cm³/mol. The molecule has 8 heteroatoms. The second kappa shape index (κ2) is 4.88. The smallest absolute Gasteiger partial charge is 0.280 e. The number of nitrogens with two attached hydrogens (primary N) is 2. The van der Waals surface area contributed by atoms with Crippen LogP contribution in [0.2, 0.25) is 0 Å². The van der Waals surface area contributed by atoms with Crippen molar-refractivity contribution in [2.24, 2.45) is 16.5 Å². The van der Waals surface area contributed by atoms with Crippen LogP contribution in [0.15, 0.2) is 22.0 Å². The second-order valence-corrected chi connectivity index (χ2v) is 6.54. The van der Waals surface area contributed by atoms with Gasteiger partial charge in [-0.2, -0.15) is 4.99 Å². The molecular weight excluding hydrogens is 282 g/mol. The lowest BCUT2D eigenvalue weighted by Crippen LogP contribution is -2.24. The Kier molecular flexibility index (Phi) is 3.53. The third kappa shape index (κ3) is 2.39. The van der Waals surface area contributed by atoms with E-state index in [1.54, 1.807) is 0 Å². The number of benzene rings is 1. The van der Waals surface area contributed by atoms with Gasteiger partial charge in [0.1, 0.15) is 0 Å². The number of hydrogen-bond donors (Lipinski definition) is 3. The summed E-state index contributed by atoms with van der Waals surface area (Å²) in [7, 11) is -3.58. The average molecular weight is 297 g/mol. The molecule has 0 saturated carbocycles. The number of sulfone groups is 1. The molecule has 0 aromatic heterocycles. The van der Waals surface area contributed by atoms with E-state index in [0.29, 0.717) is 17.5 Å². The maximum Gasteiger partial charge on any atom is 0.280 e. The summed E-state index contributed by atoms with van der Waals surface area (Å²) in [5, 5.41) is 9.78. The van der Waals surface area contributed by atoms with E-state index < -0.39 is 21.8 Å². The highest BCUT2D eigenvalue weighted by Gasteiger charge is 2.35. The Labute approximate surface area is 116 Å². The van der Waals surface area contributed by atoms with Gasteiger partial charge in [-0.1, -0.05) is 13.0 Å². The molecule has 1 heterocycles. The van der Waals surface area contributed by atoms with Crippen LogP contribution in [-0.4, -0.2) is 31.1 Å². The van der Waals surface area contributed by atoms with Crippen LogP contribution in [-0.2, 0) is 16.3 Å². The first-order valence-electron chi connectivity index (χ1n) is 5.98. The molecule has 1 aromatic carbocycles. The van der Waals surface area contributed by atoms with Gasteiger partial charge in [-0.25, -0.2) is 8.42 Å². The molecule has 2 rings (SSSR count). The molecule has 20 heavy (non-hydrogen) atoms. The number of carbonyl (C=O) groups excluding carboxylic acids is 1. The topological polar surface area (TPSA) is 136 Å². The Morgan fingerprint density at radius 1 is 1.45 bits per heavy atom. The Balaban J connectivity index is 2.66. The summed E-state index contributed by atoms with van der Waals surface area (Å²) in [6.07, 6.45) is -0.575. The lowest BCUT2D eigenvalue weighted by Gasteiger charge is -2.09. The summed E-state index contributed by atoms with van der Waals surface area (Å²) < 4.78 is 23.8. The quantitative estimate of drug-likeness (QED) is 0.496. The van der Waals surface area contributed by atoms with Gasteiger partial charge in [0.05, 0.1) is 16.8 Å². The third-order valence-electron chi connectivity index (χ3n) is 3.15. The largest absolute Gasteiger partial charge is 0.387 e. The van der Waals surface area contributed by atoms with Crippen molar-refractivity contribution in [3.8, 4) is 0 Å². The Bertz CT molecular complexity index is 706. The number of aliphatic imine (C=N–C) groups is 1. The number of hydrogen-bond acceptors (Lipinski definition) is 4. The summed E-state index contributed by atoms with van der Waals surface area (Å²) in [5.41, 5.74) is 11.4. The molecule has 1 aromatic rings. The van der Waals surface area contributed by atoms with Crippen LogP contribution in [0.5, 0.6) is 0 Å². The Morgan fingerprint density at radius 2 is 2.10 bits per heavy atom. The van der Waals surface area contributed by atoms with Gasteiger partial charge >= 0.3 is 0 Å². The van der Waals surface area contributed by atoms with Crippen molar-refractivity contribution < 1.29 is 18.3 Å². The molecule has 0 saturated heterocycles. The van der Waals surface area contributed by atoms with Crippen molar-refractivity contribution in [2.45, 2.75) is 24.3 Å². The first-order chi connectivity index (χ1) is 9.26.